The summed E-state index contributed by atoms with van der Waals surface area (Å²) in [6.07, 6.45) is 0. The van der Waals surface area contributed by atoms with Crippen LogP contribution in [0.25, 0.3) is 0 Å². The summed E-state index contributed by atoms with van der Waals surface area (Å²) in [5, 5.41) is 14.5. The fraction of sp³-hybridized carbons (Fsp3) is 0.727. The molecule has 1 aromatic heterocycles. The van der Waals surface area contributed by atoms with Crippen LogP contribution in [0.5, 0.6) is 0 Å². The Bertz CT molecular complexity index is 392. The van der Waals surface area contributed by atoms with Crippen LogP contribution in [0.15, 0.2) is 0 Å². The number of amides is 1. The molecule has 0 bridgehead atoms. The van der Waals surface area contributed by atoms with E-state index in [0.29, 0.717) is 23.3 Å². The van der Waals surface area contributed by atoms with Gasteiger partial charge in [-0.15, -0.1) is 10.2 Å². The summed E-state index contributed by atoms with van der Waals surface area (Å²) < 4.78 is 5.50. The predicted octanol–water partition coefficient (Wildman–Crippen LogP) is 1.51. The van der Waals surface area contributed by atoms with Crippen molar-refractivity contribution in [2.45, 2.75) is 33.3 Å². The lowest BCUT2D eigenvalue weighted by Crippen LogP contribution is -2.40. The quantitative estimate of drug-likeness (QED) is 0.787. The van der Waals surface area contributed by atoms with E-state index in [0.717, 1.165) is 6.54 Å². The van der Waals surface area contributed by atoms with Gasteiger partial charge in [0.15, 0.2) is 0 Å². The Labute approximate surface area is 111 Å². The van der Waals surface area contributed by atoms with Crippen molar-refractivity contribution in [3.8, 4) is 0 Å². The van der Waals surface area contributed by atoms with E-state index in [1.807, 2.05) is 27.7 Å². The van der Waals surface area contributed by atoms with Crippen LogP contribution >= 0.6 is 11.3 Å². The molecule has 7 heteroatoms. The molecule has 6 nitrogen and oxygen atoms in total. The number of hydrogen-bond acceptors (Lipinski definition) is 6. The maximum absolute atomic E-state index is 11.8. The second-order valence-corrected chi connectivity index (χ2v) is 5.30. The van der Waals surface area contributed by atoms with Crippen molar-refractivity contribution in [3.63, 3.8) is 0 Å². The van der Waals surface area contributed by atoms with Crippen molar-refractivity contribution in [1.29, 1.82) is 0 Å². The molecule has 1 rings (SSSR count). The zero-order valence-corrected chi connectivity index (χ0v) is 12.1. The smallest absolute Gasteiger partial charge is 0.282 e. The van der Waals surface area contributed by atoms with Gasteiger partial charge in [0.2, 0.25) is 10.1 Å². The van der Waals surface area contributed by atoms with Gasteiger partial charge in [0, 0.05) is 19.7 Å². The first-order valence-corrected chi connectivity index (χ1v) is 6.79. The van der Waals surface area contributed by atoms with Crippen LogP contribution in [0.2, 0.25) is 0 Å². The zero-order valence-electron chi connectivity index (χ0n) is 11.2. The van der Waals surface area contributed by atoms with Crippen molar-refractivity contribution < 1.29 is 9.53 Å². The molecule has 0 aliphatic carbocycles. The zero-order chi connectivity index (χ0) is 13.6. The number of carbonyl (C=O) groups is 1. The van der Waals surface area contributed by atoms with Crippen molar-refractivity contribution >= 4 is 22.4 Å². The summed E-state index contributed by atoms with van der Waals surface area (Å²) in [6, 6.07) is 0. The van der Waals surface area contributed by atoms with Crippen molar-refractivity contribution in [3.05, 3.63) is 5.01 Å². The van der Waals surface area contributed by atoms with E-state index >= 15 is 0 Å². The van der Waals surface area contributed by atoms with Crippen LogP contribution in [-0.4, -0.2) is 41.4 Å². The highest BCUT2D eigenvalue weighted by Gasteiger charge is 2.20. The molecule has 18 heavy (non-hydrogen) atoms. The minimum absolute atomic E-state index is 0.218. The van der Waals surface area contributed by atoms with E-state index in [1.165, 1.54) is 11.3 Å². The van der Waals surface area contributed by atoms with E-state index in [4.69, 9.17) is 4.74 Å². The molecule has 102 valence electrons. The van der Waals surface area contributed by atoms with Crippen LogP contribution in [0, 0.1) is 0 Å². The number of hydrogen-bond donors (Lipinski definition) is 2. The first-order valence-electron chi connectivity index (χ1n) is 5.98. The Morgan fingerprint density at radius 3 is 2.72 bits per heavy atom. The number of carbonyl (C=O) groups excluding carboxylic acids is 1. The maximum Gasteiger partial charge on any atom is 0.282 e. The van der Waals surface area contributed by atoms with Gasteiger partial charge in [-0.2, -0.15) is 0 Å². The second kappa shape index (κ2) is 6.65. The van der Waals surface area contributed by atoms with Crippen LogP contribution in [0.1, 0.15) is 37.5 Å². The van der Waals surface area contributed by atoms with Crippen LogP contribution in [0.4, 0.5) is 5.13 Å². The molecule has 1 aromatic rings. The number of nitrogens with one attached hydrogen (secondary N) is 2. The number of ether oxygens (including phenoxy) is 1. The Balaban J connectivity index is 2.49. The van der Waals surface area contributed by atoms with Crippen LogP contribution in [0.3, 0.4) is 0 Å². The van der Waals surface area contributed by atoms with E-state index in [9.17, 15) is 4.79 Å². The standard InChI is InChI=1S/C11H20N4O2S/c1-5-12-10-15-14-9(18-10)8(16)13-7-11(3,4)17-6-2/h5-7H2,1-4H3,(H,12,15)(H,13,16). The number of aromatic nitrogens is 2. The lowest BCUT2D eigenvalue weighted by molar-refractivity contribution is -0.00816. The molecule has 0 unspecified atom stereocenters. The van der Waals surface area contributed by atoms with Gasteiger partial charge >= 0.3 is 0 Å². The van der Waals surface area contributed by atoms with Gasteiger partial charge < -0.3 is 15.4 Å². The number of rotatable bonds is 7. The molecule has 1 amide bonds. The Morgan fingerprint density at radius 1 is 1.39 bits per heavy atom. The van der Waals surface area contributed by atoms with Gasteiger partial charge in [0.05, 0.1) is 5.60 Å². The molecule has 0 aromatic carbocycles. The van der Waals surface area contributed by atoms with Crippen LogP contribution < -0.4 is 10.6 Å². The average Bonchev–Trinajstić information content (AvgIpc) is 2.75. The van der Waals surface area contributed by atoms with Crippen molar-refractivity contribution in [2.24, 2.45) is 0 Å². The third kappa shape index (κ3) is 4.58. The molecule has 0 atom stereocenters. The van der Waals surface area contributed by atoms with Crippen molar-refractivity contribution in [2.75, 3.05) is 25.0 Å². The normalized spacial score (nSPS) is 11.3. The lowest BCUT2D eigenvalue weighted by Gasteiger charge is -2.24. The van der Waals surface area contributed by atoms with E-state index < -0.39 is 0 Å². The molecule has 0 radical (unpaired) electrons. The summed E-state index contributed by atoms with van der Waals surface area (Å²) in [4.78, 5) is 11.8. The molecular weight excluding hydrogens is 252 g/mol. The summed E-state index contributed by atoms with van der Waals surface area (Å²) >= 11 is 1.24. The van der Waals surface area contributed by atoms with Gasteiger partial charge in [-0.25, -0.2) is 0 Å². The molecule has 0 saturated carbocycles. The minimum atomic E-state index is -0.375. The molecule has 0 spiro atoms. The fourth-order valence-corrected chi connectivity index (χ4v) is 2.08. The topological polar surface area (TPSA) is 76.1 Å². The highest BCUT2D eigenvalue weighted by atomic mass is 32.1. The average molecular weight is 272 g/mol. The van der Waals surface area contributed by atoms with E-state index in [2.05, 4.69) is 20.8 Å². The molecule has 0 saturated heterocycles. The predicted molar refractivity (Wildman–Crippen MR) is 72.1 cm³/mol. The third-order valence-corrected chi connectivity index (χ3v) is 3.04. The molecule has 0 fully saturated rings. The molecular formula is C11H20N4O2S. The summed E-state index contributed by atoms with van der Waals surface area (Å²) in [5.41, 5.74) is -0.375. The maximum atomic E-state index is 11.8. The fourth-order valence-electron chi connectivity index (χ4n) is 1.35. The van der Waals surface area contributed by atoms with Gasteiger partial charge in [-0.1, -0.05) is 11.3 Å². The second-order valence-electron chi connectivity index (χ2n) is 4.32. The third-order valence-electron chi connectivity index (χ3n) is 2.16. The molecule has 2 N–H and O–H groups in total. The summed E-state index contributed by atoms with van der Waals surface area (Å²) in [7, 11) is 0. The van der Waals surface area contributed by atoms with Crippen LogP contribution in [-0.2, 0) is 4.74 Å². The Hall–Kier alpha value is -1.21. The highest BCUT2D eigenvalue weighted by molar-refractivity contribution is 7.17. The monoisotopic (exact) mass is 272 g/mol. The van der Waals surface area contributed by atoms with E-state index in [-0.39, 0.29) is 11.5 Å². The van der Waals surface area contributed by atoms with Gasteiger partial charge in [0.25, 0.3) is 5.91 Å². The van der Waals surface area contributed by atoms with Crippen molar-refractivity contribution in [1.82, 2.24) is 15.5 Å². The summed E-state index contributed by atoms with van der Waals surface area (Å²) in [6.45, 7) is 9.57. The Morgan fingerprint density at radius 2 is 2.11 bits per heavy atom. The van der Waals surface area contributed by atoms with Gasteiger partial charge in [-0.05, 0) is 27.7 Å². The molecule has 0 aliphatic rings. The first-order chi connectivity index (χ1) is 8.48. The van der Waals surface area contributed by atoms with Gasteiger partial charge in [0.1, 0.15) is 0 Å². The number of nitrogens with zero attached hydrogens (tertiary/aromatic N) is 2. The van der Waals surface area contributed by atoms with E-state index in [1.54, 1.807) is 0 Å². The first kappa shape index (κ1) is 14.8. The summed E-state index contributed by atoms with van der Waals surface area (Å²) in [5.74, 6) is -0.218. The Kier molecular flexibility index (Phi) is 5.49. The minimum Gasteiger partial charge on any atom is -0.374 e. The van der Waals surface area contributed by atoms with Gasteiger partial charge in [-0.3, -0.25) is 4.79 Å². The highest BCUT2D eigenvalue weighted by Crippen LogP contribution is 2.15. The number of anilines is 1. The lowest BCUT2D eigenvalue weighted by atomic mass is 10.1. The molecule has 0 aliphatic heterocycles. The largest absolute Gasteiger partial charge is 0.374 e. The molecule has 1 heterocycles. The SMILES string of the molecule is CCNc1nnc(C(=O)NCC(C)(C)OCC)s1.